The molecule has 6 heteroatoms. The summed E-state index contributed by atoms with van der Waals surface area (Å²) in [5.74, 6) is 0.177. The Kier molecular flexibility index (Phi) is 5.66. The molecule has 0 unspecified atom stereocenters. The van der Waals surface area contributed by atoms with Gasteiger partial charge >= 0.3 is 12.1 Å². The van der Waals surface area contributed by atoms with E-state index in [2.05, 4.69) is 10.1 Å². The SMILES string of the molecule is CCOC(=O)Cc1ccc(NC(=O)OC)cc1OC. The van der Waals surface area contributed by atoms with Crippen molar-refractivity contribution in [3.8, 4) is 5.75 Å². The molecule has 1 amide bonds. The first-order valence-electron chi connectivity index (χ1n) is 5.78. The predicted molar refractivity (Wildman–Crippen MR) is 69.4 cm³/mol. The molecule has 19 heavy (non-hydrogen) atoms. The van der Waals surface area contributed by atoms with Crippen molar-refractivity contribution in [1.29, 1.82) is 0 Å². The largest absolute Gasteiger partial charge is 0.496 e. The van der Waals surface area contributed by atoms with Gasteiger partial charge in [-0.15, -0.1) is 0 Å². The van der Waals surface area contributed by atoms with Crippen molar-refractivity contribution in [2.45, 2.75) is 13.3 Å². The number of benzene rings is 1. The van der Waals surface area contributed by atoms with E-state index >= 15 is 0 Å². The summed E-state index contributed by atoms with van der Waals surface area (Å²) in [4.78, 5) is 22.5. The molecule has 0 saturated heterocycles. The Morgan fingerprint density at radius 2 is 2.00 bits per heavy atom. The van der Waals surface area contributed by atoms with Gasteiger partial charge in [-0.25, -0.2) is 4.79 Å². The molecule has 0 bridgehead atoms. The average molecular weight is 267 g/mol. The molecule has 0 aliphatic rings. The van der Waals surface area contributed by atoms with Crippen LogP contribution in [0.25, 0.3) is 0 Å². The number of ether oxygens (including phenoxy) is 3. The van der Waals surface area contributed by atoms with Gasteiger partial charge in [-0.1, -0.05) is 6.07 Å². The van der Waals surface area contributed by atoms with Gasteiger partial charge in [-0.05, 0) is 13.0 Å². The molecule has 0 radical (unpaired) electrons. The van der Waals surface area contributed by atoms with Gasteiger partial charge in [0.2, 0.25) is 0 Å². The van der Waals surface area contributed by atoms with Crippen molar-refractivity contribution >= 4 is 17.7 Å². The normalized spacial score (nSPS) is 9.63. The van der Waals surface area contributed by atoms with Crippen LogP contribution in [0, 0.1) is 0 Å². The molecule has 0 saturated carbocycles. The Bertz CT molecular complexity index is 458. The van der Waals surface area contributed by atoms with Crippen molar-refractivity contribution < 1.29 is 23.8 Å². The zero-order valence-electron chi connectivity index (χ0n) is 11.2. The van der Waals surface area contributed by atoms with Crippen LogP contribution >= 0.6 is 0 Å². The second-order valence-electron chi connectivity index (χ2n) is 3.63. The molecule has 0 fully saturated rings. The molecule has 0 aliphatic carbocycles. The first kappa shape index (κ1) is 14.8. The minimum Gasteiger partial charge on any atom is -0.496 e. The number of anilines is 1. The highest BCUT2D eigenvalue weighted by atomic mass is 16.5. The van der Waals surface area contributed by atoms with Gasteiger partial charge in [-0.2, -0.15) is 0 Å². The smallest absolute Gasteiger partial charge is 0.411 e. The van der Waals surface area contributed by atoms with Crippen LogP contribution < -0.4 is 10.1 Å². The molecule has 0 heterocycles. The van der Waals surface area contributed by atoms with Crippen LogP contribution in [0.5, 0.6) is 5.75 Å². The topological polar surface area (TPSA) is 73.9 Å². The second kappa shape index (κ2) is 7.25. The van der Waals surface area contributed by atoms with E-state index in [1.54, 1.807) is 25.1 Å². The fourth-order valence-electron chi connectivity index (χ4n) is 1.50. The number of hydrogen-bond donors (Lipinski definition) is 1. The van der Waals surface area contributed by atoms with Crippen molar-refractivity contribution in [3.05, 3.63) is 23.8 Å². The highest BCUT2D eigenvalue weighted by Gasteiger charge is 2.11. The Morgan fingerprint density at radius 1 is 1.26 bits per heavy atom. The minimum atomic E-state index is -0.569. The molecule has 0 aliphatic heterocycles. The van der Waals surface area contributed by atoms with Gasteiger partial charge in [0.05, 0.1) is 27.2 Å². The average Bonchev–Trinajstić information content (AvgIpc) is 2.40. The lowest BCUT2D eigenvalue weighted by Crippen LogP contribution is -2.12. The van der Waals surface area contributed by atoms with E-state index in [0.717, 1.165) is 0 Å². The van der Waals surface area contributed by atoms with Crippen LogP contribution in [0.1, 0.15) is 12.5 Å². The van der Waals surface area contributed by atoms with Crippen molar-refractivity contribution in [2.75, 3.05) is 26.1 Å². The molecule has 1 aromatic rings. The summed E-state index contributed by atoms with van der Waals surface area (Å²) >= 11 is 0. The summed E-state index contributed by atoms with van der Waals surface area (Å²) < 4.78 is 14.5. The Morgan fingerprint density at radius 3 is 2.58 bits per heavy atom. The zero-order chi connectivity index (χ0) is 14.3. The molecule has 1 rings (SSSR count). The van der Waals surface area contributed by atoms with Crippen LogP contribution in [0.3, 0.4) is 0 Å². The maximum atomic E-state index is 11.4. The number of methoxy groups -OCH3 is 2. The summed E-state index contributed by atoms with van der Waals surface area (Å²) in [5.41, 5.74) is 1.22. The Balaban J connectivity index is 2.84. The van der Waals surface area contributed by atoms with Gasteiger partial charge in [-0.3, -0.25) is 10.1 Å². The molecule has 0 spiro atoms. The Labute approximate surface area is 111 Å². The molecule has 104 valence electrons. The lowest BCUT2D eigenvalue weighted by Gasteiger charge is -2.10. The highest BCUT2D eigenvalue weighted by molar-refractivity contribution is 5.85. The van der Waals surface area contributed by atoms with Gasteiger partial charge < -0.3 is 14.2 Å². The number of nitrogens with one attached hydrogen (secondary N) is 1. The molecular formula is C13H17NO5. The molecule has 0 aromatic heterocycles. The number of amides is 1. The fraction of sp³-hybridized carbons (Fsp3) is 0.385. The van der Waals surface area contributed by atoms with E-state index in [0.29, 0.717) is 23.6 Å². The third-order valence-electron chi connectivity index (χ3n) is 2.36. The Hall–Kier alpha value is -2.24. The van der Waals surface area contributed by atoms with E-state index in [9.17, 15) is 9.59 Å². The molecule has 0 atom stereocenters. The van der Waals surface area contributed by atoms with Gasteiger partial charge in [0.1, 0.15) is 5.75 Å². The quantitative estimate of drug-likeness (QED) is 0.826. The molecule has 1 N–H and O–H groups in total. The third kappa shape index (κ3) is 4.50. The summed E-state index contributed by atoms with van der Waals surface area (Å²) in [5, 5.41) is 2.51. The third-order valence-corrected chi connectivity index (χ3v) is 2.36. The lowest BCUT2D eigenvalue weighted by atomic mass is 10.1. The highest BCUT2D eigenvalue weighted by Crippen LogP contribution is 2.24. The number of carbonyl (C=O) groups is 2. The van der Waals surface area contributed by atoms with Gasteiger partial charge in [0.15, 0.2) is 0 Å². The van der Waals surface area contributed by atoms with Gasteiger partial charge in [0.25, 0.3) is 0 Å². The molecule has 1 aromatic carbocycles. The maximum absolute atomic E-state index is 11.4. The number of rotatable bonds is 5. The van der Waals surface area contributed by atoms with E-state index in [1.165, 1.54) is 14.2 Å². The summed E-state index contributed by atoms with van der Waals surface area (Å²) in [7, 11) is 2.77. The standard InChI is InChI=1S/C13H17NO5/c1-4-19-12(15)7-9-5-6-10(8-11(9)17-2)14-13(16)18-3/h5-6,8H,4,7H2,1-3H3,(H,14,16). The first-order chi connectivity index (χ1) is 9.10. The van der Waals surface area contributed by atoms with Crippen LogP contribution in [0.2, 0.25) is 0 Å². The van der Waals surface area contributed by atoms with Crippen LogP contribution in [-0.2, 0) is 20.7 Å². The zero-order valence-corrected chi connectivity index (χ0v) is 11.2. The monoisotopic (exact) mass is 267 g/mol. The van der Waals surface area contributed by atoms with Crippen molar-refractivity contribution in [3.63, 3.8) is 0 Å². The van der Waals surface area contributed by atoms with Crippen molar-refractivity contribution in [1.82, 2.24) is 0 Å². The van der Waals surface area contributed by atoms with Crippen LogP contribution in [-0.4, -0.2) is 32.9 Å². The molecule has 6 nitrogen and oxygen atoms in total. The first-order valence-corrected chi connectivity index (χ1v) is 5.78. The number of carbonyl (C=O) groups excluding carboxylic acids is 2. The second-order valence-corrected chi connectivity index (χ2v) is 3.63. The molecular weight excluding hydrogens is 250 g/mol. The summed E-state index contributed by atoms with van der Waals surface area (Å²) in [6.07, 6.45) is -0.449. The van der Waals surface area contributed by atoms with Crippen LogP contribution in [0.4, 0.5) is 10.5 Å². The fourth-order valence-corrected chi connectivity index (χ4v) is 1.50. The van der Waals surface area contributed by atoms with Crippen molar-refractivity contribution in [2.24, 2.45) is 0 Å². The van der Waals surface area contributed by atoms with Crippen LogP contribution in [0.15, 0.2) is 18.2 Å². The van der Waals surface area contributed by atoms with Gasteiger partial charge in [0, 0.05) is 17.3 Å². The summed E-state index contributed by atoms with van der Waals surface area (Å²) in [6.45, 7) is 2.08. The number of hydrogen-bond acceptors (Lipinski definition) is 5. The van der Waals surface area contributed by atoms with E-state index < -0.39 is 6.09 Å². The predicted octanol–water partition coefficient (Wildman–Crippen LogP) is 1.98. The van der Waals surface area contributed by atoms with E-state index in [1.807, 2.05) is 0 Å². The number of esters is 1. The van der Waals surface area contributed by atoms with E-state index in [-0.39, 0.29) is 12.4 Å². The maximum Gasteiger partial charge on any atom is 0.411 e. The van der Waals surface area contributed by atoms with E-state index in [4.69, 9.17) is 9.47 Å². The lowest BCUT2D eigenvalue weighted by molar-refractivity contribution is -0.142. The minimum absolute atomic E-state index is 0.121. The summed E-state index contributed by atoms with van der Waals surface area (Å²) in [6, 6.07) is 4.97.